The Labute approximate surface area is 173 Å². The predicted molar refractivity (Wildman–Crippen MR) is 112 cm³/mol. The summed E-state index contributed by atoms with van der Waals surface area (Å²) in [5, 5.41) is 8.82. The SMILES string of the molecule is CSc1ccc(-c2ccc3n(c2=O)C[C@@H]2C[C@@H]3CN(C(=O)CCC(=O)O)C2)cc1. The van der Waals surface area contributed by atoms with E-state index in [0.717, 1.165) is 22.6 Å². The summed E-state index contributed by atoms with van der Waals surface area (Å²) >= 11 is 1.67. The van der Waals surface area contributed by atoms with Crippen LogP contribution in [0.25, 0.3) is 11.1 Å². The van der Waals surface area contributed by atoms with Crippen molar-refractivity contribution in [3.05, 3.63) is 52.4 Å². The van der Waals surface area contributed by atoms with Crippen molar-refractivity contribution in [3.63, 3.8) is 0 Å². The normalized spacial score (nSPS) is 20.2. The first-order valence-electron chi connectivity index (χ1n) is 9.84. The molecular formula is C22H24N2O4S. The molecule has 2 atom stereocenters. The van der Waals surface area contributed by atoms with Crippen molar-refractivity contribution in [2.75, 3.05) is 19.3 Å². The smallest absolute Gasteiger partial charge is 0.303 e. The minimum Gasteiger partial charge on any atom is -0.481 e. The Morgan fingerprint density at radius 3 is 2.52 bits per heavy atom. The number of thioether (sulfide) groups is 1. The van der Waals surface area contributed by atoms with Gasteiger partial charge in [0.05, 0.1) is 6.42 Å². The molecule has 0 saturated carbocycles. The molecule has 152 valence electrons. The van der Waals surface area contributed by atoms with Gasteiger partial charge in [-0.3, -0.25) is 14.4 Å². The summed E-state index contributed by atoms with van der Waals surface area (Å²) in [6.07, 6.45) is 2.88. The minimum absolute atomic E-state index is 0.0276. The van der Waals surface area contributed by atoms with E-state index in [9.17, 15) is 14.4 Å². The zero-order chi connectivity index (χ0) is 20.5. The Morgan fingerprint density at radius 2 is 1.83 bits per heavy atom. The summed E-state index contributed by atoms with van der Waals surface area (Å²) in [5.41, 5.74) is 2.63. The number of piperidine rings is 1. The lowest BCUT2D eigenvalue weighted by molar-refractivity contribution is -0.141. The number of carbonyl (C=O) groups is 2. The zero-order valence-electron chi connectivity index (χ0n) is 16.3. The average molecular weight is 413 g/mol. The van der Waals surface area contributed by atoms with Gasteiger partial charge in [0.15, 0.2) is 0 Å². The molecule has 2 aromatic rings. The van der Waals surface area contributed by atoms with Crippen LogP contribution in [0, 0.1) is 5.92 Å². The fourth-order valence-corrected chi connectivity index (χ4v) is 4.92. The molecule has 1 N–H and O–H groups in total. The number of aliphatic carboxylic acids is 1. The van der Waals surface area contributed by atoms with Gasteiger partial charge in [0.1, 0.15) is 0 Å². The van der Waals surface area contributed by atoms with E-state index in [1.54, 1.807) is 16.7 Å². The van der Waals surface area contributed by atoms with Crippen molar-refractivity contribution in [2.24, 2.45) is 5.92 Å². The summed E-state index contributed by atoms with van der Waals surface area (Å²) < 4.78 is 1.88. The molecule has 29 heavy (non-hydrogen) atoms. The van der Waals surface area contributed by atoms with Crippen molar-refractivity contribution >= 4 is 23.6 Å². The van der Waals surface area contributed by atoms with Crippen LogP contribution < -0.4 is 5.56 Å². The maximum absolute atomic E-state index is 13.2. The number of carboxylic acid groups (broad SMARTS) is 1. The summed E-state index contributed by atoms with van der Waals surface area (Å²) in [6, 6.07) is 11.9. The van der Waals surface area contributed by atoms with Gasteiger partial charge in [0, 0.05) is 48.1 Å². The number of pyridine rings is 1. The van der Waals surface area contributed by atoms with Crippen LogP contribution in [-0.2, 0) is 16.1 Å². The molecule has 6 nitrogen and oxygen atoms in total. The molecule has 0 aliphatic carbocycles. The van der Waals surface area contributed by atoms with Crippen molar-refractivity contribution in [1.29, 1.82) is 0 Å². The molecule has 3 heterocycles. The minimum atomic E-state index is -0.953. The molecule has 1 amide bonds. The van der Waals surface area contributed by atoms with E-state index in [-0.39, 0.29) is 36.1 Å². The monoisotopic (exact) mass is 412 g/mol. The Bertz CT molecular complexity index is 999. The van der Waals surface area contributed by atoms with Gasteiger partial charge < -0.3 is 14.6 Å². The third-order valence-electron chi connectivity index (χ3n) is 5.91. The number of carboxylic acids is 1. The van der Waals surface area contributed by atoms with Crippen LogP contribution in [0.3, 0.4) is 0 Å². The number of likely N-dealkylation sites (tertiary alicyclic amines) is 1. The molecule has 7 heteroatoms. The lowest BCUT2D eigenvalue weighted by atomic mass is 9.82. The third kappa shape index (κ3) is 3.96. The van der Waals surface area contributed by atoms with Crippen molar-refractivity contribution in [2.45, 2.75) is 36.6 Å². The van der Waals surface area contributed by atoms with Gasteiger partial charge >= 0.3 is 5.97 Å². The van der Waals surface area contributed by atoms with Crippen LogP contribution in [0.1, 0.15) is 30.9 Å². The second-order valence-corrected chi connectivity index (χ2v) is 8.69. The molecule has 2 bridgehead atoms. The highest BCUT2D eigenvalue weighted by Crippen LogP contribution is 2.36. The summed E-state index contributed by atoms with van der Waals surface area (Å²) in [4.78, 5) is 39.3. The van der Waals surface area contributed by atoms with Crippen LogP contribution in [0.4, 0.5) is 0 Å². The molecule has 0 unspecified atom stereocenters. The standard InChI is InChI=1S/C22H24N2O4S/c1-29-17-4-2-15(3-5-17)18-6-7-19-16-10-14(12-24(19)22(18)28)11-23(13-16)20(25)8-9-21(26)27/h2-7,14,16H,8-13H2,1H3,(H,26,27)/t14-,16-/m1/s1. The Balaban J connectivity index is 1.59. The molecule has 1 aromatic carbocycles. The summed E-state index contributed by atoms with van der Waals surface area (Å²) in [6.45, 7) is 1.74. The highest BCUT2D eigenvalue weighted by Gasteiger charge is 2.36. The average Bonchev–Trinajstić information content (AvgIpc) is 2.72. The fourth-order valence-electron chi connectivity index (χ4n) is 4.51. The maximum atomic E-state index is 13.2. The largest absolute Gasteiger partial charge is 0.481 e. The third-order valence-corrected chi connectivity index (χ3v) is 6.65. The van der Waals surface area contributed by atoms with Crippen molar-refractivity contribution in [1.82, 2.24) is 9.47 Å². The molecular weight excluding hydrogens is 388 g/mol. The van der Waals surface area contributed by atoms with E-state index in [1.165, 1.54) is 0 Å². The van der Waals surface area contributed by atoms with Gasteiger partial charge in [-0.15, -0.1) is 11.8 Å². The maximum Gasteiger partial charge on any atom is 0.303 e. The van der Waals surface area contributed by atoms with E-state index in [2.05, 4.69) is 0 Å². The quantitative estimate of drug-likeness (QED) is 0.764. The number of benzene rings is 1. The molecule has 0 radical (unpaired) electrons. The van der Waals surface area contributed by atoms with E-state index >= 15 is 0 Å². The van der Waals surface area contributed by atoms with Crippen LogP contribution in [0.15, 0.2) is 46.1 Å². The lowest BCUT2D eigenvalue weighted by Crippen LogP contribution is -2.49. The highest BCUT2D eigenvalue weighted by molar-refractivity contribution is 7.98. The molecule has 2 aliphatic rings. The van der Waals surface area contributed by atoms with Gasteiger partial charge in [-0.2, -0.15) is 0 Å². The second-order valence-electron chi connectivity index (χ2n) is 7.81. The first-order valence-corrected chi connectivity index (χ1v) is 11.1. The van der Waals surface area contributed by atoms with E-state index < -0.39 is 5.97 Å². The Morgan fingerprint density at radius 1 is 1.07 bits per heavy atom. The van der Waals surface area contributed by atoms with Crippen molar-refractivity contribution < 1.29 is 14.7 Å². The number of hydrogen-bond donors (Lipinski definition) is 1. The number of fused-ring (bicyclic) bond motifs is 4. The molecule has 1 fully saturated rings. The highest BCUT2D eigenvalue weighted by atomic mass is 32.2. The van der Waals surface area contributed by atoms with Crippen LogP contribution >= 0.6 is 11.8 Å². The first kappa shape index (κ1) is 19.8. The first-order chi connectivity index (χ1) is 14.0. The molecule has 1 aromatic heterocycles. The van der Waals surface area contributed by atoms with E-state index in [1.807, 2.05) is 47.2 Å². The molecule has 2 aliphatic heterocycles. The number of hydrogen-bond acceptors (Lipinski definition) is 4. The number of nitrogens with zero attached hydrogens (tertiary/aromatic N) is 2. The Hall–Kier alpha value is -2.54. The molecule has 0 spiro atoms. The van der Waals surface area contributed by atoms with Crippen molar-refractivity contribution in [3.8, 4) is 11.1 Å². The van der Waals surface area contributed by atoms with Gasteiger partial charge in [0.25, 0.3) is 5.56 Å². The summed E-state index contributed by atoms with van der Waals surface area (Å²) in [5.74, 6) is -0.715. The van der Waals surface area contributed by atoms with Gasteiger partial charge in [-0.05, 0) is 48.4 Å². The van der Waals surface area contributed by atoms with E-state index in [4.69, 9.17) is 5.11 Å². The zero-order valence-corrected chi connectivity index (χ0v) is 17.2. The van der Waals surface area contributed by atoms with Gasteiger partial charge in [-0.1, -0.05) is 12.1 Å². The van der Waals surface area contributed by atoms with E-state index in [0.29, 0.717) is 25.2 Å². The lowest BCUT2D eigenvalue weighted by Gasteiger charge is -2.43. The topological polar surface area (TPSA) is 79.6 Å². The second kappa shape index (κ2) is 8.06. The molecule has 4 rings (SSSR count). The number of aromatic nitrogens is 1. The van der Waals surface area contributed by atoms with Gasteiger partial charge in [0.2, 0.25) is 5.91 Å². The van der Waals surface area contributed by atoms with Crippen LogP contribution in [0.2, 0.25) is 0 Å². The number of rotatable bonds is 5. The van der Waals surface area contributed by atoms with Crippen LogP contribution in [-0.4, -0.2) is 45.8 Å². The number of amides is 1. The Kier molecular flexibility index (Phi) is 5.50. The van der Waals surface area contributed by atoms with Gasteiger partial charge in [-0.25, -0.2) is 0 Å². The fraction of sp³-hybridized carbons (Fsp3) is 0.409. The molecule has 1 saturated heterocycles. The van der Waals surface area contributed by atoms with Crippen LogP contribution in [0.5, 0.6) is 0 Å². The predicted octanol–water partition coefficient (Wildman–Crippen LogP) is 3.05. The number of carbonyl (C=O) groups excluding carboxylic acids is 1. The summed E-state index contributed by atoms with van der Waals surface area (Å²) in [7, 11) is 0.